The van der Waals surface area contributed by atoms with Gasteiger partial charge in [0.05, 0.1) is 12.4 Å². The van der Waals surface area contributed by atoms with Gasteiger partial charge in [0.2, 0.25) is 5.91 Å². The smallest absolute Gasteiger partial charge is 0.332 e. The Morgan fingerprint density at radius 2 is 1.81 bits per heavy atom. The summed E-state index contributed by atoms with van der Waals surface area (Å²) in [6.07, 6.45) is 4.88. The van der Waals surface area contributed by atoms with E-state index in [9.17, 15) is 14.4 Å². The average Bonchev–Trinajstić information content (AvgIpc) is 3.48. The van der Waals surface area contributed by atoms with Crippen LogP contribution in [0.25, 0.3) is 11.2 Å². The van der Waals surface area contributed by atoms with Gasteiger partial charge in [0.1, 0.15) is 0 Å². The molecule has 32 heavy (non-hydrogen) atoms. The molecule has 1 aromatic carbocycles. The molecule has 1 amide bonds. The number of carbonyl (C=O) groups excluding carboxylic acids is 1. The van der Waals surface area contributed by atoms with Crippen LogP contribution in [0.15, 0.2) is 46.2 Å². The van der Waals surface area contributed by atoms with Gasteiger partial charge < -0.3 is 9.88 Å². The van der Waals surface area contributed by atoms with E-state index in [1.54, 1.807) is 17.9 Å². The van der Waals surface area contributed by atoms with Gasteiger partial charge in [-0.25, -0.2) is 9.78 Å². The van der Waals surface area contributed by atoms with Gasteiger partial charge in [-0.2, -0.15) is 0 Å². The van der Waals surface area contributed by atoms with Gasteiger partial charge >= 0.3 is 5.69 Å². The third-order valence-corrected chi connectivity index (χ3v) is 6.28. The third-order valence-electron chi connectivity index (χ3n) is 6.28. The van der Waals surface area contributed by atoms with Crippen LogP contribution in [0.2, 0.25) is 0 Å². The number of hydrogen-bond acceptors (Lipinski definition) is 5. The Labute approximate surface area is 186 Å². The minimum absolute atomic E-state index is 0.00477. The second kappa shape index (κ2) is 9.52. The van der Waals surface area contributed by atoms with Crippen molar-refractivity contribution in [3.8, 4) is 0 Å². The maximum absolute atomic E-state index is 12.5. The van der Waals surface area contributed by atoms with Crippen molar-refractivity contribution in [1.29, 1.82) is 0 Å². The van der Waals surface area contributed by atoms with E-state index in [1.165, 1.54) is 30.0 Å². The number of rotatable bonds is 8. The van der Waals surface area contributed by atoms with Crippen LogP contribution in [-0.4, -0.2) is 49.1 Å². The Morgan fingerprint density at radius 3 is 2.53 bits per heavy atom. The number of imidazole rings is 1. The standard InChI is InChI=1S/C23H30N6O3/c1-26-21-20(22(31)27(2)23(26)32)29(16-25-21)14-8-11-19(30)24-15-18(28-12-6-7-13-28)17-9-4-3-5-10-17/h3-5,9-10,16,18H,6-8,11-15H2,1-2H3,(H,24,30). The number of carbonyl (C=O) groups is 1. The normalized spacial score (nSPS) is 15.3. The zero-order valence-electron chi connectivity index (χ0n) is 18.7. The number of likely N-dealkylation sites (tertiary alicyclic amines) is 1. The summed E-state index contributed by atoms with van der Waals surface area (Å²) in [5.41, 5.74) is 1.19. The molecule has 3 aromatic rings. The van der Waals surface area contributed by atoms with Crippen LogP contribution in [0, 0.1) is 0 Å². The summed E-state index contributed by atoms with van der Waals surface area (Å²) in [5, 5.41) is 3.10. The summed E-state index contributed by atoms with van der Waals surface area (Å²) < 4.78 is 4.17. The molecule has 0 saturated carbocycles. The highest BCUT2D eigenvalue weighted by Crippen LogP contribution is 2.24. The number of aryl methyl sites for hydroxylation is 2. The zero-order chi connectivity index (χ0) is 22.7. The Kier molecular flexibility index (Phi) is 6.55. The van der Waals surface area contributed by atoms with E-state index in [-0.39, 0.29) is 17.5 Å². The van der Waals surface area contributed by atoms with Crippen molar-refractivity contribution in [2.45, 2.75) is 38.3 Å². The van der Waals surface area contributed by atoms with Crippen LogP contribution in [0.1, 0.15) is 37.3 Å². The van der Waals surface area contributed by atoms with Crippen molar-refractivity contribution in [1.82, 2.24) is 28.9 Å². The molecule has 9 nitrogen and oxygen atoms in total. The van der Waals surface area contributed by atoms with Gasteiger partial charge in [-0.1, -0.05) is 30.3 Å². The number of hydrogen-bond donors (Lipinski definition) is 1. The predicted molar refractivity (Wildman–Crippen MR) is 122 cm³/mol. The molecule has 1 aliphatic heterocycles. The fourth-order valence-electron chi connectivity index (χ4n) is 4.46. The third kappa shape index (κ3) is 4.38. The molecule has 2 aromatic heterocycles. The van der Waals surface area contributed by atoms with E-state index in [0.29, 0.717) is 37.1 Å². The maximum atomic E-state index is 12.5. The molecule has 1 fully saturated rings. The average molecular weight is 439 g/mol. The van der Waals surface area contributed by atoms with E-state index < -0.39 is 5.69 Å². The fraction of sp³-hybridized carbons (Fsp3) is 0.478. The highest BCUT2D eigenvalue weighted by molar-refractivity contribution is 5.76. The lowest BCUT2D eigenvalue weighted by Gasteiger charge is -2.28. The zero-order valence-corrected chi connectivity index (χ0v) is 18.7. The molecular weight excluding hydrogens is 408 g/mol. The number of fused-ring (bicyclic) bond motifs is 1. The largest absolute Gasteiger partial charge is 0.354 e. The highest BCUT2D eigenvalue weighted by Gasteiger charge is 2.23. The van der Waals surface area contributed by atoms with Crippen molar-refractivity contribution < 1.29 is 4.79 Å². The van der Waals surface area contributed by atoms with Crippen LogP contribution in [0.4, 0.5) is 0 Å². The predicted octanol–water partition coefficient (Wildman–Crippen LogP) is 1.17. The monoisotopic (exact) mass is 438 g/mol. The molecule has 4 rings (SSSR count). The summed E-state index contributed by atoms with van der Waals surface area (Å²) >= 11 is 0. The minimum atomic E-state index is -0.405. The summed E-state index contributed by atoms with van der Waals surface area (Å²) in [5.74, 6) is -0.00477. The van der Waals surface area contributed by atoms with Gasteiger partial charge in [-0.3, -0.25) is 23.6 Å². The summed E-state index contributed by atoms with van der Waals surface area (Å²) in [6, 6.07) is 10.5. The van der Waals surface area contributed by atoms with E-state index >= 15 is 0 Å². The van der Waals surface area contributed by atoms with Crippen molar-refractivity contribution in [3.63, 3.8) is 0 Å². The Balaban J connectivity index is 1.36. The van der Waals surface area contributed by atoms with Crippen molar-refractivity contribution in [3.05, 3.63) is 63.1 Å². The second-order valence-corrected chi connectivity index (χ2v) is 8.39. The quantitative estimate of drug-likeness (QED) is 0.570. The first-order chi connectivity index (χ1) is 15.5. The Hall–Kier alpha value is -3.20. The van der Waals surface area contributed by atoms with Crippen LogP contribution >= 0.6 is 0 Å². The first-order valence-corrected chi connectivity index (χ1v) is 11.1. The van der Waals surface area contributed by atoms with E-state index in [1.807, 2.05) is 18.2 Å². The number of nitrogens with zero attached hydrogens (tertiary/aromatic N) is 5. The molecule has 0 spiro atoms. The molecule has 0 bridgehead atoms. The Bertz CT molecular complexity index is 1200. The fourth-order valence-corrected chi connectivity index (χ4v) is 4.46. The lowest BCUT2D eigenvalue weighted by molar-refractivity contribution is -0.121. The van der Waals surface area contributed by atoms with Crippen molar-refractivity contribution >= 4 is 17.1 Å². The Morgan fingerprint density at radius 1 is 1.09 bits per heavy atom. The van der Waals surface area contributed by atoms with Gasteiger partial charge in [0, 0.05) is 33.6 Å². The number of benzene rings is 1. The van der Waals surface area contributed by atoms with E-state index in [0.717, 1.165) is 17.7 Å². The summed E-state index contributed by atoms with van der Waals surface area (Å²) in [6.45, 7) is 3.17. The van der Waals surface area contributed by atoms with Crippen LogP contribution in [0.5, 0.6) is 0 Å². The molecular formula is C23H30N6O3. The second-order valence-electron chi connectivity index (χ2n) is 8.39. The molecule has 1 N–H and O–H groups in total. The highest BCUT2D eigenvalue weighted by atomic mass is 16.2. The van der Waals surface area contributed by atoms with Crippen LogP contribution in [0.3, 0.4) is 0 Å². The maximum Gasteiger partial charge on any atom is 0.332 e. The molecule has 1 atom stereocenters. The van der Waals surface area contributed by atoms with Gasteiger partial charge in [-0.05, 0) is 37.9 Å². The van der Waals surface area contributed by atoms with Crippen molar-refractivity contribution in [2.24, 2.45) is 14.1 Å². The summed E-state index contributed by atoms with van der Waals surface area (Å²) in [4.78, 5) is 43.8. The van der Waals surface area contributed by atoms with Gasteiger partial charge in [0.25, 0.3) is 5.56 Å². The lowest BCUT2D eigenvalue weighted by Crippen LogP contribution is -2.37. The number of nitrogens with one attached hydrogen (secondary N) is 1. The van der Waals surface area contributed by atoms with Crippen molar-refractivity contribution in [2.75, 3.05) is 19.6 Å². The molecule has 0 aliphatic carbocycles. The number of aromatic nitrogens is 4. The van der Waals surface area contributed by atoms with Crippen LogP contribution in [-0.2, 0) is 25.4 Å². The number of amides is 1. The minimum Gasteiger partial charge on any atom is -0.354 e. The van der Waals surface area contributed by atoms with E-state index in [4.69, 9.17) is 0 Å². The molecule has 3 heterocycles. The molecule has 0 radical (unpaired) electrons. The van der Waals surface area contributed by atoms with Crippen LogP contribution < -0.4 is 16.6 Å². The summed E-state index contributed by atoms with van der Waals surface area (Å²) in [7, 11) is 3.05. The van der Waals surface area contributed by atoms with Gasteiger partial charge in [0.15, 0.2) is 11.2 Å². The SMILES string of the molecule is Cn1c(=O)c2c(ncn2CCCC(=O)NCC(c2ccccc2)N2CCCC2)n(C)c1=O. The molecule has 1 unspecified atom stereocenters. The molecule has 170 valence electrons. The van der Waals surface area contributed by atoms with Gasteiger partial charge in [-0.15, -0.1) is 0 Å². The van der Waals surface area contributed by atoms with E-state index in [2.05, 4.69) is 27.3 Å². The lowest BCUT2D eigenvalue weighted by atomic mass is 10.1. The first-order valence-electron chi connectivity index (χ1n) is 11.1. The molecule has 1 saturated heterocycles. The first kappa shape index (κ1) is 22.0. The topological polar surface area (TPSA) is 94.2 Å². The molecule has 1 aliphatic rings. The molecule has 9 heteroatoms.